The predicted molar refractivity (Wildman–Crippen MR) is 117 cm³/mol. The van der Waals surface area contributed by atoms with E-state index in [2.05, 4.69) is 45.1 Å². The molecule has 0 saturated heterocycles. The van der Waals surface area contributed by atoms with Crippen molar-refractivity contribution in [2.24, 2.45) is 16.3 Å². The first-order valence-electron chi connectivity index (χ1n) is 9.57. The number of rotatable bonds is 1. The number of aliphatic imine (C=N–C) groups is 1. The van der Waals surface area contributed by atoms with Crippen LogP contribution < -0.4 is 5.32 Å². The predicted octanol–water partition coefficient (Wildman–Crippen LogP) is 6.85. The molecule has 2 aromatic carbocycles. The van der Waals surface area contributed by atoms with Crippen LogP contribution in [-0.4, -0.2) is 11.5 Å². The molecule has 146 valence electrons. The number of nitrogens with zero attached hydrogens (tertiary/aromatic N) is 1. The average molecular weight is 415 g/mol. The second-order valence-corrected chi connectivity index (χ2v) is 9.65. The van der Waals surface area contributed by atoms with Gasteiger partial charge >= 0.3 is 0 Å². The Balaban J connectivity index is 1.92. The number of hydrogen-bond acceptors (Lipinski definition) is 3. The van der Waals surface area contributed by atoms with E-state index in [0.717, 1.165) is 29.1 Å². The normalized spacial score (nSPS) is 23.2. The van der Waals surface area contributed by atoms with E-state index in [0.29, 0.717) is 16.5 Å². The van der Waals surface area contributed by atoms with E-state index in [1.165, 1.54) is 11.1 Å². The van der Waals surface area contributed by atoms with E-state index in [9.17, 15) is 4.79 Å². The number of hydrogen-bond donors (Lipinski definition) is 1. The fourth-order valence-corrected chi connectivity index (χ4v) is 4.87. The van der Waals surface area contributed by atoms with Crippen molar-refractivity contribution >= 4 is 46.1 Å². The molecular formula is C23H24Cl2N2O. The van der Waals surface area contributed by atoms with Crippen molar-refractivity contribution in [1.29, 1.82) is 0 Å². The summed E-state index contributed by atoms with van der Waals surface area (Å²) in [6.07, 6.45) is 1.33. The van der Waals surface area contributed by atoms with E-state index in [1.807, 2.05) is 12.1 Å². The summed E-state index contributed by atoms with van der Waals surface area (Å²) in [5.74, 6) is -0.125. The largest absolute Gasteiger partial charge is 0.375 e. The SMILES string of the molecule is Cc1cc2c(cc1C)NC(c1ccc(Cl)cc1Cl)C1C(=O)CC(C)(C)CC1=N2. The molecular weight excluding hydrogens is 391 g/mol. The molecule has 1 aliphatic carbocycles. The number of Topliss-reactive ketones (excluding diaryl/α,β-unsaturated/α-hetero) is 1. The van der Waals surface area contributed by atoms with Crippen molar-refractivity contribution in [2.75, 3.05) is 5.32 Å². The fourth-order valence-electron chi connectivity index (χ4n) is 4.34. The van der Waals surface area contributed by atoms with Crippen molar-refractivity contribution in [3.8, 4) is 0 Å². The molecule has 1 fully saturated rings. The zero-order chi connectivity index (χ0) is 20.2. The smallest absolute Gasteiger partial charge is 0.144 e. The Kier molecular flexibility index (Phi) is 4.79. The summed E-state index contributed by atoms with van der Waals surface area (Å²) in [4.78, 5) is 18.3. The molecule has 0 bridgehead atoms. The van der Waals surface area contributed by atoms with E-state index in [4.69, 9.17) is 28.2 Å². The summed E-state index contributed by atoms with van der Waals surface area (Å²) in [6.45, 7) is 8.43. The average Bonchev–Trinajstić information content (AvgIpc) is 2.71. The van der Waals surface area contributed by atoms with Gasteiger partial charge in [0.1, 0.15) is 5.78 Å². The van der Waals surface area contributed by atoms with Gasteiger partial charge in [-0.3, -0.25) is 9.79 Å². The van der Waals surface area contributed by atoms with Crippen molar-refractivity contribution < 1.29 is 4.79 Å². The van der Waals surface area contributed by atoms with Gasteiger partial charge in [-0.05, 0) is 66.6 Å². The van der Waals surface area contributed by atoms with Crippen LogP contribution in [0.25, 0.3) is 0 Å². The number of ketones is 1. The highest BCUT2D eigenvalue weighted by Crippen LogP contribution is 2.46. The summed E-state index contributed by atoms with van der Waals surface area (Å²) >= 11 is 12.7. The van der Waals surface area contributed by atoms with Gasteiger partial charge in [-0.15, -0.1) is 0 Å². The first kappa shape index (κ1) is 19.5. The third-order valence-electron chi connectivity index (χ3n) is 5.84. The molecule has 2 atom stereocenters. The number of aryl methyl sites for hydroxylation is 2. The highest BCUT2D eigenvalue weighted by atomic mass is 35.5. The van der Waals surface area contributed by atoms with E-state index < -0.39 is 0 Å². The van der Waals surface area contributed by atoms with Gasteiger partial charge in [-0.25, -0.2) is 0 Å². The molecule has 3 nitrogen and oxygen atoms in total. The van der Waals surface area contributed by atoms with Crippen molar-refractivity contribution in [3.05, 3.63) is 57.1 Å². The Morgan fingerprint density at radius 3 is 2.50 bits per heavy atom. The van der Waals surface area contributed by atoms with Gasteiger partial charge in [0.2, 0.25) is 0 Å². The Hall–Kier alpha value is -1.84. The molecule has 0 radical (unpaired) electrons. The molecule has 4 rings (SSSR count). The van der Waals surface area contributed by atoms with Crippen LogP contribution in [-0.2, 0) is 4.79 Å². The molecule has 28 heavy (non-hydrogen) atoms. The molecule has 2 aromatic rings. The quantitative estimate of drug-likeness (QED) is 0.553. The molecule has 1 aliphatic heterocycles. The molecule has 1 saturated carbocycles. The van der Waals surface area contributed by atoms with Crippen LogP contribution in [0.3, 0.4) is 0 Å². The number of halogens is 2. The summed E-state index contributed by atoms with van der Waals surface area (Å²) in [5, 5.41) is 4.74. The van der Waals surface area contributed by atoms with Gasteiger partial charge < -0.3 is 5.32 Å². The van der Waals surface area contributed by atoms with Crippen molar-refractivity contribution in [1.82, 2.24) is 0 Å². The van der Waals surface area contributed by atoms with Gasteiger partial charge in [0.05, 0.1) is 23.3 Å². The summed E-state index contributed by atoms with van der Waals surface area (Å²) in [6, 6.07) is 9.41. The number of fused-ring (bicyclic) bond motifs is 2. The molecule has 0 aromatic heterocycles. The number of anilines is 1. The molecule has 2 unspecified atom stereocenters. The van der Waals surface area contributed by atoms with Gasteiger partial charge in [0.15, 0.2) is 0 Å². The summed E-state index contributed by atoms with van der Waals surface area (Å²) in [7, 11) is 0. The first-order chi connectivity index (χ1) is 13.1. The van der Waals surface area contributed by atoms with Crippen LogP contribution in [0.2, 0.25) is 10.0 Å². The third-order valence-corrected chi connectivity index (χ3v) is 6.40. The highest BCUT2D eigenvalue weighted by molar-refractivity contribution is 6.35. The van der Waals surface area contributed by atoms with Crippen LogP contribution in [0.5, 0.6) is 0 Å². The molecule has 0 amide bonds. The van der Waals surface area contributed by atoms with Gasteiger partial charge in [-0.1, -0.05) is 43.1 Å². The Bertz CT molecular complexity index is 1010. The number of nitrogens with one attached hydrogen (secondary N) is 1. The Labute approximate surface area is 176 Å². The zero-order valence-electron chi connectivity index (χ0n) is 16.6. The minimum absolute atomic E-state index is 0.0923. The first-order valence-corrected chi connectivity index (χ1v) is 10.3. The van der Waals surface area contributed by atoms with Crippen LogP contribution in [0.15, 0.2) is 35.3 Å². The van der Waals surface area contributed by atoms with Crippen LogP contribution in [0.4, 0.5) is 11.4 Å². The monoisotopic (exact) mass is 414 g/mol. The highest BCUT2D eigenvalue weighted by Gasteiger charge is 2.44. The maximum atomic E-state index is 13.3. The maximum Gasteiger partial charge on any atom is 0.144 e. The molecule has 2 aliphatic rings. The lowest BCUT2D eigenvalue weighted by Gasteiger charge is -2.37. The second kappa shape index (κ2) is 6.89. The number of carbonyl (C=O) groups excluding carboxylic acids is 1. The molecule has 5 heteroatoms. The van der Waals surface area contributed by atoms with E-state index >= 15 is 0 Å². The summed E-state index contributed by atoms with van der Waals surface area (Å²) < 4.78 is 0. The lowest BCUT2D eigenvalue weighted by molar-refractivity contribution is -0.124. The zero-order valence-corrected chi connectivity index (χ0v) is 18.1. The topological polar surface area (TPSA) is 41.5 Å². The minimum Gasteiger partial charge on any atom is -0.375 e. The van der Waals surface area contributed by atoms with Gasteiger partial charge in [-0.2, -0.15) is 0 Å². The summed E-state index contributed by atoms with van der Waals surface area (Å²) in [5.41, 5.74) is 5.92. The second-order valence-electron chi connectivity index (χ2n) is 8.81. The standard InChI is InChI=1S/C23H24Cl2N2O/c1-12-7-17-18(8-13(12)2)27-22(15-6-5-14(24)9-16(15)25)21-19(26-17)10-23(3,4)11-20(21)28/h5-9,21-22,27H,10-11H2,1-4H3. The lowest BCUT2D eigenvalue weighted by atomic mass is 9.68. The maximum absolute atomic E-state index is 13.3. The third kappa shape index (κ3) is 3.46. The molecule has 1 heterocycles. The molecule has 1 N–H and O–H groups in total. The van der Waals surface area contributed by atoms with Crippen molar-refractivity contribution in [3.63, 3.8) is 0 Å². The Morgan fingerprint density at radius 1 is 1.07 bits per heavy atom. The molecule has 0 spiro atoms. The van der Waals surface area contributed by atoms with Crippen LogP contribution in [0.1, 0.15) is 49.4 Å². The van der Waals surface area contributed by atoms with Gasteiger partial charge in [0.25, 0.3) is 0 Å². The fraction of sp³-hybridized carbons (Fsp3) is 0.391. The van der Waals surface area contributed by atoms with E-state index in [1.54, 1.807) is 6.07 Å². The van der Waals surface area contributed by atoms with Crippen molar-refractivity contribution in [2.45, 2.75) is 46.6 Å². The minimum atomic E-state index is -0.334. The number of carbonyl (C=O) groups is 1. The van der Waals surface area contributed by atoms with E-state index in [-0.39, 0.29) is 23.2 Å². The lowest BCUT2D eigenvalue weighted by Crippen LogP contribution is -2.42. The number of benzene rings is 2. The Morgan fingerprint density at radius 2 is 1.79 bits per heavy atom. The van der Waals surface area contributed by atoms with Crippen LogP contribution >= 0.6 is 23.2 Å². The van der Waals surface area contributed by atoms with Gasteiger partial charge in [0, 0.05) is 22.2 Å². The van der Waals surface area contributed by atoms with Crippen LogP contribution in [0, 0.1) is 25.2 Å².